The SMILES string of the molecule is COCCCCOc1cccc(-c2ccnc(N3CCC(C(=O)N4N=CCC4c4cc(F)cc(F)c4)CC3)c2)c1. The molecule has 9 heteroatoms. The van der Waals surface area contributed by atoms with Crippen molar-refractivity contribution < 1.29 is 23.0 Å². The molecule has 40 heavy (non-hydrogen) atoms. The van der Waals surface area contributed by atoms with Gasteiger partial charge in [-0.05, 0) is 78.8 Å². The third-order valence-corrected chi connectivity index (χ3v) is 7.42. The number of hydrogen-bond donors (Lipinski definition) is 0. The number of carbonyl (C=O) groups excluding carboxylic acids is 1. The molecule has 3 heterocycles. The molecule has 2 aromatic carbocycles. The summed E-state index contributed by atoms with van der Waals surface area (Å²) in [7, 11) is 1.70. The Kier molecular flexibility index (Phi) is 9.01. The van der Waals surface area contributed by atoms with Crippen molar-refractivity contribution in [2.75, 3.05) is 38.3 Å². The second-order valence-electron chi connectivity index (χ2n) is 10.2. The highest BCUT2D eigenvalue weighted by Crippen LogP contribution is 2.34. The van der Waals surface area contributed by atoms with Crippen LogP contribution in [0.1, 0.15) is 43.7 Å². The van der Waals surface area contributed by atoms with Gasteiger partial charge >= 0.3 is 0 Å². The van der Waals surface area contributed by atoms with Crippen LogP contribution in [0.5, 0.6) is 5.75 Å². The number of anilines is 1. The summed E-state index contributed by atoms with van der Waals surface area (Å²) in [5.41, 5.74) is 2.52. The summed E-state index contributed by atoms with van der Waals surface area (Å²) in [4.78, 5) is 20.2. The van der Waals surface area contributed by atoms with Crippen LogP contribution in [-0.2, 0) is 9.53 Å². The summed E-state index contributed by atoms with van der Waals surface area (Å²) in [6.45, 7) is 2.73. The zero-order valence-electron chi connectivity index (χ0n) is 22.6. The highest BCUT2D eigenvalue weighted by atomic mass is 19.1. The van der Waals surface area contributed by atoms with Crippen LogP contribution in [0.3, 0.4) is 0 Å². The molecule has 2 aliphatic heterocycles. The van der Waals surface area contributed by atoms with Crippen LogP contribution in [0.15, 0.2) is 65.9 Å². The van der Waals surface area contributed by atoms with Gasteiger partial charge in [-0.3, -0.25) is 4.79 Å². The minimum Gasteiger partial charge on any atom is -0.494 e. The fourth-order valence-electron chi connectivity index (χ4n) is 5.29. The number of aromatic nitrogens is 1. The highest BCUT2D eigenvalue weighted by molar-refractivity contribution is 5.82. The number of nitrogens with zero attached hydrogens (tertiary/aromatic N) is 4. The largest absolute Gasteiger partial charge is 0.494 e. The first-order valence-corrected chi connectivity index (χ1v) is 13.8. The number of methoxy groups -OCH3 is 1. The average Bonchev–Trinajstić information content (AvgIpc) is 3.47. The Morgan fingerprint density at radius 3 is 2.50 bits per heavy atom. The third kappa shape index (κ3) is 6.65. The molecule has 0 saturated carbocycles. The van der Waals surface area contributed by atoms with Gasteiger partial charge in [0.05, 0.1) is 12.6 Å². The quantitative estimate of drug-likeness (QED) is 0.291. The first kappa shape index (κ1) is 27.7. The minimum absolute atomic E-state index is 0.108. The number of piperidine rings is 1. The number of halogens is 2. The predicted molar refractivity (Wildman–Crippen MR) is 150 cm³/mol. The standard InChI is InChI=1S/C31H34F2N4O3/c1-39-15-2-3-16-40-28-6-4-5-23(19-28)24-7-11-34-30(20-24)36-13-9-22(10-14-36)31(38)37-29(8-12-35-37)25-17-26(32)21-27(33)18-25/h4-7,11-12,17-22,29H,2-3,8-10,13-16H2,1H3. The second kappa shape index (κ2) is 13.0. The Morgan fingerprint density at radius 1 is 0.975 bits per heavy atom. The number of rotatable bonds is 10. The maximum Gasteiger partial charge on any atom is 0.246 e. The molecule has 1 amide bonds. The van der Waals surface area contributed by atoms with Gasteiger partial charge in [0.25, 0.3) is 0 Å². The average molecular weight is 549 g/mol. The van der Waals surface area contributed by atoms with Gasteiger partial charge in [-0.1, -0.05) is 12.1 Å². The molecule has 0 N–H and O–H groups in total. The van der Waals surface area contributed by atoms with Gasteiger partial charge < -0.3 is 14.4 Å². The molecule has 7 nitrogen and oxygen atoms in total. The van der Waals surface area contributed by atoms with Gasteiger partial charge in [-0.25, -0.2) is 18.8 Å². The molecular formula is C31H34F2N4O3. The number of unbranched alkanes of at least 4 members (excludes halogenated alkanes) is 1. The normalized spacial score (nSPS) is 17.4. The minimum atomic E-state index is -0.658. The summed E-state index contributed by atoms with van der Waals surface area (Å²) in [6, 6.07) is 15.0. The van der Waals surface area contributed by atoms with Crippen molar-refractivity contribution in [1.82, 2.24) is 9.99 Å². The van der Waals surface area contributed by atoms with Gasteiger partial charge in [0, 0.05) is 57.6 Å². The number of hydrazone groups is 1. The lowest BCUT2D eigenvalue weighted by Crippen LogP contribution is -2.41. The van der Waals surface area contributed by atoms with E-state index in [0.717, 1.165) is 48.2 Å². The molecule has 1 aromatic heterocycles. The fraction of sp³-hybridized carbons (Fsp3) is 0.387. The van der Waals surface area contributed by atoms with Crippen molar-refractivity contribution in [2.45, 2.75) is 38.1 Å². The molecule has 2 aliphatic rings. The van der Waals surface area contributed by atoms with E-state index in [1.807, 2.05) is 30.5 Å². The second-order valence-corrected chi connectivity index (χ2v) is 10.2. The van der Waals surface area contributed by atoms with E-state index in [-0.39, 0.29) is 11.8 Å². The van der Waals surface area contributed by atoms with Crippen LogP contribution in [0, 0.1) is 17.6 Å². The molecule has 1 atom stereocenters. The van der Waals surface area contributed by atoms with Crippen molar-refractivity contribution >= 4 is 17.9 Å². The van der Waals surface area contributed by atoms with Crippen molar-refractivity contribution in [2.24, 2.45) is 11.0 Å². The Hall–Kier alpha value is -3.85. The van der Waals surface area contributed by atoms with Crippen molar-refractivity contribution in [3.05, 3.63) is 78.0 Å². The first-order valence-electron chi connectivity index (χ1n) is 13.8. The molecule has 3 aromatic rings. The smallest absolute Gasteiger partial charge is 0.246 e. The molecule has 0 spiro atoms. The topological polar surface area (TPSA) is 67.3 Å². The number of pyridine rings is 1. The molecule has 1 saturated heterocycles. The molecule has 1 fully saturated rings. The molecular weight excluding hydrogens is 514 g/mol. The zero-order chi connectivity index (χ0) is 27.9. The summed E-state index contributed by atoms with van der Waals surface area (Å²) in [5.74, 6) is 0.0549. The Balaban J connectivity index is 1.19. The van der Waals surface area contributed by atoms with E-state index in [1.165, 1.54) is 17.1 Å². The van der Waals surface area contributed by atoms with Crippen LogP contribution in [0.25, 0.3) is 11.1 Å². The molecule has 0 aliphatic carbocycles. The van der Waals surface area contributed by atoms with E-state index in [0.29, 0.717) is 44.5 Å². The first-order chi connectivity index (χ1) is 19.5. The van der Waals surface area contributed by atoms with Gasteiger partial charge in [0.1, 0.15) is 23.2 Å². The number of amides is 1. The molecule has 5 rings (SSSR count). The van der Waals surface area contributed by atoms with E-state index in [9.17, 15) is 13.6 Å². The fourth-order valence-corrected chi connectivity index (χ4v) is 5.29. The van der Waals surface area contributed by atoms with E-state index in [1.54, 1.807) is 13.3 Å². The molecule has 0 radical (unpaired) electrons. The number of ether oxygens (including phenoxy) is 2. The monoisotopic (exact) mass is 548 g/mol. The van der Waals surface area contributed by atoms with Gasteiger partial charge in [0.2, 0.25) is 5.91 Å². The lowest BCUT2D eigenvalue weighted by molar-refractivity contribution is -0.138. The van der Waals surface area contributed by atoms with E-state index < -0.39 is 17.7 Å². The maximum absolute atomic E-state index is 13.8. The van der Waals surface area contributed by atoms with Crippen LogP contribution in [-0.4, -0.2) is 55.5 Å². The van der Waals surface area contributed by atoms with Gasteiger partial charge in [-0.2, -0.15) is 5.10 Å². The van der Waals surface area contributed by atoms with Crippen molar-refractivity contribution in [3.8, 4) is 16.9 Å². The van der Waals surface area contributed by atoms with Crippen molar-refractivity contribution in [3.63, 3.8) is 0 Å². The molecule has 1 unspecified atom stereocenters. The Labute approximate surface area is 233 Å². The summed E-state index contributed by atoms with van der Waals surface area (Å²) in [5, 5.41) is 5.66. The zero-order valence-corrected chi connectivity index (χ0v) is 22.6. The maximum atomic E-state index is 13.8. The van der Waals surface area contributed by atoms with Gasteiger partial charge in [0.15, 0.2) is 0 Å². The van der Waals surface area contributed by atoms with Crippen LogP contribution in [0.2, 0.25) is 0 Å². The number of carbonyl (C=O) groups is 1. The highest BCUT2D eigenvalue weighted by Gasteiger charge is 2.35. The Morgan fingerprint density at radius 2 is 1.73 bits per heavy atom. The number of benzene rings is 2. The van der Waals surface area contributed by atoms with Crippen LogP contribution < -0.4 is 9.64 Å². The van der Waals surface area contributed by atoms with E-state index in [2.05, 4.69) is 27.1 Å². The number of hydrogen-bond acceptors (Lipinski definition) is 6. The van der Waals surface area contributed by atoms with E-state index >= 15 is 0 Å². The predicted octanol–water partition coefficient (Wildman–Crippen LogP) is 6.01. The van der Waals surface area contributed by atoms with Crippen LogP contribution in [0.4, 0.5) is 14.6 Å². The lowest BCUT2D eigenvalue weighted by atomic mass is 9.94. The summed E-state index contributed by atoms with van der Waals surface area (Å²) < 4.78 is 38.6. The Bertz CT molecular complexity index is 1320. The molecule has 210 valence electrons. The lowest BCUT2D eigenvalue weighted by Gasteiger charge is -2.34. The summed E-state index contributed by atoms with van der Waals surface area (Å²) >= 11 is 0. The van der Waals surface area contributed by atoms with Crippen LogP contribution >= 0.6 is 0 Å². The van der Waals surface area contributed by atoms with Gasteiger partial charge in [-0.15, -0.1) is 0 Å². The van der Waals surface area contributed by atoms with Crippen molar-refractivity contribution in [1.29, 1.82) is 0 Å². The van der Waals surface area contributed by atoms with E-state index in [4.69, 9.17) is 9.47 Å². The molecule has 0 bridgehead atoms. The summed E-state index contributed by atoms with van der Waals surface area (Å²) in [6.07, 6.45) is 7.07. The third-order valence-electron chi connectivity index (χ3n) is 7.42.